The molecule has 0 atom stereocenters. The van der Waals surface area contributed by atoms with E-state index in [0.29, 0.717) is 5.56 Å². The maximum Gasteiger partial charge on any atom is 0.160 e. The summed E-state index contributed by atoms with van der Waals surface area (Å²) in [5.74, 6) is 0.0609. The Hall–Kier alpha value is -1.63. The van der Waals surface area contributed by atoms with Gasteiger partial charge in [-0.05, 0) is 17.7 Å². The molecule has 0 saturated heterocycles. The summed E-state index contributed by atoms with van der Waals surface area (Å²) in [5.41, 5.74) is 0.652. The number of hydrogen-bond acceptors (Lipinski definition) is 1. The van der Waals surface area contributed by atoms with Gasteiger partial charge in [0.25, 0.3) is 0 Å². The summed E-state index contributed by atoms with van der Waals surface area (Å²) in [6, 6.07) is 14.7. The monoisotopic (exact) mass is 169 g/mol. The molecule has 0 aliphatic heterocycles. The number of ketones is 1. The molecule has 2 aromatic carbocycles. The van der Waals surface area contributed by atoms with Crippen LogP contribution >= 0.6 is 0 Å². The molecule has 0 unspecified atom stereocenters. The normalized spacial score (nSPS) is 10.2. The Labute approximate surface area is 77.0 Å². The Morgan fingerprint density at radius 1 is 1.15 bits per heavy atom. The van der Waals surface area contributed by atoms with Crippen molar-refractivity contribution in [2.45, 2.75) is 6.92 Å². The van der Waals surface area contributed by atoms with Crippen molar-refractivity contribution >= 4 is 16.6 Å². The quantitative estimate of drug-likeness (QED) is 0.600. The molecule has 2 aromatic rings. The second-order valence-electron chi connectivity index (χ2n) is 3.02. The summed E-state index contributed by atoms with van der Waals surface area (Å²) >= 11 is 0. The number of benzene rings is 2. The Bertz CT molecular complexity index is 457. The lowest BCUT2D eigenvalue weighted by atomic mass is 10.1. The van der Waals surface area contributed by atoms with Crippen molar-refractivity contribution in [3.63, 3.8) is 0 Å². The minimum atomic E-state index is 0.0609. The highest BCUT2D eigenvalue weighted by atomic mass is 16.1. The number of rotatable bonds is 1. The molecule has 0 spiro atoms. The van der Waals surface area contributed by atoms with E-state index in [4.69, 9.17) is 0 Å². The number of carbonyl (C=O) groups excluding carboxylic acids is 1. The Morgan fingerprint density at radius 2 is 1.92 bits per heavy atom. The number of carbonyl (C=O) groups is 1. The molecule has 0 heterocycles. The van der Waals surface area contributed by atoms with E-state index in [1.54, 1.807) is 6.92 Å². The first-order chi connectivity index (χ1) is 6.27. The van der Waals surface area contributed by atoms with Crippen LogP contribution in [0.5, 0.6) is 0 Å². The van der Waals surface area contributed by atoms with Crippen LogP contribution in [0, 0.1) is 6.07 Å². The summed E-state index contributed by atoms with van der Waals surface area (Å²) < 4.78 is 0. The molecule has 0 N–H and O–H groups in total. The average Bonchev–Trinajstić information content (AvgIpc) is 2.17. The predicted molar refractivity (Wildman–Crippen MR) is 52.8 cm³/mol. The van der Waals surface area contributed by atoms with E-state index >= 15 is 0 Å². The van der Waals surface area contributed by atoms with Gasteiger partial charge < -0.3 is 0 Å². The van der Waals surface area contributed by atoms with Crippen molar-refractivity contribution in [2.24, 2.45) is 0 Å². The molecule has 1 heteroatoms. The zero-order valence-corrected chi connectivity index (χ0v) is 7.37. The van der Waals surface area contributed by atoms with Gasteiger partial charge >= 0.3 is 0 Å². The van der Waals surface area contributed by atoms with E-state index in [1.807, 2.05) is 36.4 Å². The molecule has 1 nitrogen and oxygen atoms in total. The van der Waals surface area contributed by atoms with Crippen molar-refractivity contribution in [3.8, 4) is 0 Å². The molecule has 0 aliphatic rings. The summed E-state index contributed by atoms with van der Waals surface area (Å²) in [6.07, 6.45) is 0. The Kier molecular flexibility index (Phi) is 1.85. The van der Waals surface area contributed by atoms with Crippen LogP contribution < -0.4 is 0 Å². The molecule has 2 rings (SSSR count). The highest BCUT2D eigenvalue weighted by molar-refractivity contribution is 5.97. The van der Waals surface area contributed by atoms with Gasteiger partial charge in [-0.2, -0.15) is 0 Å². The zero-order chi connectivity index (χ0) is 9.26. The van der Waals surface area contributed by atoms with Crippen LogP contribution in [0.2, 0.25) is 0 Å². The first-order valence-electron chi connectivity index (χ1n) is 4.19. The standard InChI is InChI=1S/C12H9O/c1-9(13)11-7-6-10-4-2-3-5-12(10)8-11/h2-7H,1H3. The van der Waals surface area contributed by atoms with E-state index in [-0.39, 0.29) is 5.78 Å². The number of fused-ring (bicyclic) bond motifs is 1. The fourth-order valence-electron chi connectivity index (χ4n) is 1.32. The van der Waals surface area contributed by atoms with E-state index in [0.717, 1.165) is 10.8 Å². The van der Waals surface area contributed by atoms with E-state index < -0.39 is 0 Å². The topological polar surface area (TPSA) is 17.1 Å². The minimum Gasteiger partial charge on any atom is -0.294 e. The van der Waals surface area contributed by atoms with Crippen LogP contribution in [-0.2, 0) is 0 Å². The van der Waals surface area contributed by atoms with Gasteiger partial charge in [-0.15, -0.1) is 0 Å². The second kappa shape index (κ2) is 3.02. The minimum absolute atomic E-state index is 0.0609. The van der Waals surface area contributed by atoms with Gasteiger partial charge in [-0.1, -0.05) is 36.4 Å². The third kappa shape index (κ3) is 1.45. The molecule has 1 radical (unpaired) electrons. The van der Waals surface area contributed by atoms with Gasteiger partial charge in [0.05, 0.1) is 0 Å². The largest absolute Gasteiger partial charge is 0.294 e. The molecule has 0 amide bonds. The summed E-state index contributed by atoms with van der Waals surface area (Å²) in [5, 5.41) is 2.11. The van der Waals surface area contributed by atoms with Crippen molar-refractivity contribution in [2.75, 3.05) is 0 Å². The molecular formula is C12H9O. The van der Waals surface area contributed by atoms with Gasteiger partial charge in [-0.3, -0.25) is 4.79 Å². The molecular weight excluding hydrogens is 160 g/mol. The first-order valence-corrected chi connectivity index (χ1v) is 4.19. The van der Waals surface area contributed by atoms with Gasteiger partial charge in [0.1, 0.15) is 0 Å². The fraction of sp³-hybridized carbons (Fsp3) is 0.0833. The van der Waals surface area contributed by atoms with Gasteiger partial charge in [0.15, 0.2) is 5.78 Å². The lowest BCUT2D eigenvalue weighted by Gasteiger charge is -1.98. The maximum absolute atomic E-state index is 11.1. The summed E-state index contributed by atoms with van der Waals surface area (Å²) in [6.45, 7) is 1.56. The van der Waals surface area contributed by atoms with Crippen LogP contribution in [0.4, 0.5) is 0 Å². The van der Waals surface area contributed by atoms with E-state index in [2.05, 4.69) is 6.07 Å². The molecule has 0 fully saturated rings. The van der Waals surface area contributed by atoms with Crippen molar-refractivity contribution in [3.05, 3.63) is 48.0 Å². The van der Waals surface area contributed by atoms with Crippen LogP contribution in [0.1, 0.15) is 17.3 Å². The molecule has 13 heavy (non-hydrogen) atoms. The maximum atomic E-state index is 11.1. The second-order valence-corrected chi connectivity index (χ2v) is 3.02. The molecule has 0 aliphatic carbocycles. The van der Waals surface area contributed by atoms with Crippen molar-refractivity contribution in [1.82, 2.24) is 0 Å². The highest BCUT2D eigenvalue weighted by Gasteiger charge is 1.99. The van der Waals surface area contributed by atoms with E-state index in [1.165, 1.54) is 0 Å². The molecule has 0 bridgehead atoms. The molecule has 0 saturated carbocycles. The lowest BCUT2D eigenvalue weighted by molar-refractivity contribution is 0.101. The summed E-state index contributed by atoms with van der Waals surface area (Å²) in [7, 11) is 0. The highest BCUT2D eigenvalue weighted by Crippen LogP contribution is 2.14. The zero-order valence-electron chi connectivity index (χ0n) is 7.37. The van der Waals surface area contributed by atoms with Gasteiger partial charge in [0, 0.05) is 11.6 Å². The van der Waals surface area contributed by atoms with Crippen molar-refractivity contribution < 1.29 is 4.79 Å². The lowest BCUT2D eigenvalue weighted by Crippen LogP contribution is -1.91. The number of hydrogen-bond donors (Lipinski definition) is 0. The van der Waals surface area contributed by atoms with Crippen LogP contribution in [0.3, 0.4) is 0 Å². The third-order valence-corrected chi connectivity index (χ3v) is 2.04. The smallest absolute Gasteiger partial charge is 0.160 e. The van der Waals surface area contributed by atoms with Crippen molar-refractivity contribution in [1.29, 1.82) is 0 Å². The third-order valence-electron chi connectivity index (χ3n) is 2.04. The fourth-order valence-corrected chi connectivity index (χ4v) is 1.32. The number of Topliss-reactive ketones (excluding diaryl/α,β-unsaturated/α-hetero) is 1. The molecule has 0 aromatic heterocycles. The first kappa shape index (κ1) is 7.99. The van der Waals surface area contributed by atoms with Crippen LogP contribution in [-0.4, -0.2) is 5.78 Å². The summed E-state index contributed by atoms with van der Waals surface area (Å²) in [4.78, 5) is 11.1. The average molecular weight is 169 g/mol. The van der Waals surface area contributed by atoms with Gasteiger partial charge in [-0.25, -0.2) is 0 Å². The molecule has 63 valence electrons. The Balaban J connectivity index is 2.69. The Morgan fingerprint density at radius 3 is 2.69 bits per heavy atom. The predicted octanol–water partition coefficient (Wildman–Crippen LogP) is 2.84. The van der Waals surface area contributed by atoms with E-state index in [9.17, 15) is 4.79 Å². The van der Waals surface area contributed by atoms with Crippen LogP contribution in [0.15, 0.2) is 36.4 Å². The SMILES string of the molecule is CC(=O)c1[c]c2ccccc2cc1. The van der Waals surface area contributed by atoms with Crippen LogP contribution in [0.25, 0.3) is 10.8 Å². The van der Waals surface area contributed by atoms with Gasteiger partial charge in [0.2, 0.25) is 0 Å².